The molecule has 46 valence electrons. The first-order valence-corrected chi connectivity index (χ1v) is 3.02. The van der Waals surface area contributed by atoms with Gasteiger partial charge in [0.1, 0.15) is 0 Å². The Hall–Kier alpha value is -0.820. The standard InChI is InChI=1S/C8H9N/c1-2-4-8-6-9-5-7(8)3-1/h1-4,9H,5-6H2/i1D,5D. The summed E-state index contributed by atoms with van der Waals surface area (Å²) in [6.45, 7) is 0.444. The first kappa shape index (κ1) is 3.37. The lowest BCUT2D eigenvalue weighted by atomic mass is 10.1. The Morgan fingerprint density at radius 2 is 2.56 bits per heavy atom. The molecule has 1 atom stereocenters. The van der Waals surface area contributed by atoms with Crippen LogP contribution in [0.5, 0.6) is 0 Å². The van der Waals surface area contributed by atoms with Gasteiger partial charge >= 0.3 is 0 Å². The summed E-state index contributed by atoms with van der Waals surface area (Å²) in [5.74, 6) is 0. The van der Waals surface area contributed by atoms with E-state index in [2.05, 4.69) is 5.32 Å². The van der Waals surface area contributed by atoms with Gasteiger partial charge in [-0.05, 0) is 11.1 Å². The fraction of sp³-hybridized carbons (Fsp3) is 0.250. The molecule has 1 unspecified atom stereocenters. The van der Waals surface area contributed by atoms with E-state index in [1.165, 1.54) is 0 Å². The molecular formula is C8H9N. The third kappa shape index (κ3) is 0.736. The molecule has 0 aliphatic carbocycles. The highest BCUT2D eigenvalue weighted by Crippen LogP contribution is 2.12. The van der Waals surface area contributed by atoms with Crippen LogP contribution in [0.3, 0.4) is 0 Å². The van der Waals surface area contributed by atoms with Gasteiger partial charge in [0.05, 0.1) is 1.37 Å². The highest BCUT2D eigenvalue weighted by Gasteiger charge is 2.06. The highest BCUT2D eigenvalue weighted by atomic mass is 14.9. The van der Waals surface area contributed by atoms with Gasteiger partial charge in [0.2, 0.25) is 0 Å². The van der Waals surface area contributed by atoms with E-state index in [-0.39, 0.29) is 6.52 Å². The molecule has 1 nitrogen and oxygen atoms in total. The van der Waals surface area contributed by atoms with Crippen LogP contribution in [0.25, 0.3) is 0 Å². The lowest BCUT2D eigenvalue weighted by molar-refractivity contribution is 0.765. The van der Waals surface area contributed by atoms with Crippen molar-refractivity contribution in [3.63, 3.8) is 0 Å². The van der Waals surface area contributed by atoms with E-state index in [4.69, 9.17) is 2.74 Å². The Balaban J connectivity index is 2.52. The van der Waals surface area contributed by atoms with Crippen LogP contribution in [-0.2, 0) is 13.1 Å². The molecule has 1 aromatic rings. The van der Waals surface area contributed by atoms with Gasteiger partial charge in [0, 0.05) is 14.4 Å². The molecule has 1 heterocycles. The average Bonchev–Trinajstić information content (AvgIpc) is 2.33. The normalized spacial score (nSPS) is 26.9. The van der Waals surface area contributed by atoms with E-state index in [1.807, 2.05) is 6.07 Å². The largest absolute Gasteiger partial charge is 0.309 e. The van der Waals surface area contributed by atoms with Crippen molar-refractivity contribution in [2.45, 2.75) is 13.1 Å². The van der Waals surface area contributed by atoms with Crippen molar-refractivity contribution in [3.8, 4) is 0 Å². The summed E-state index contributed by atoms with van der Waals surface area (Å²) in [7, 11) is 0. The molecule has 0 spiro atoms. The lowest BCUT2D eigenvalue weighted by Crippen LogP contribution is -1.99. The van der Waals surface area contributed by atoms with E-state index in [0.29, 0.717) is 6.04 Å². The molecule has 0 fully saturated rings. The minimum absolute atomic E-state index is 0.324. The topological polar surface area (TPSA) is 12.0 Å². The molecule has 0 bridgehead atoms. The number of hydrogen-bond acceptors (Lipinski definition) is 1. The Morgan fingerprint density at radius 1 is 1.56 bits per heavy atom. The predicted octanol–water partition coefficient (Wildman–Crippen LogP) is 1.29. The van der Waals surface area contributed by atoms with Gasteiger partial charge in [0.25, 0.3) is 0 Å². The maximum atomic E-state index is 7.52. The third-order valence-corrected chi connectivity index (χ3v) is 1.54. The Bertz CT molecular complexity index is 285. The Morgan fingerprint density at radius 3 is 3.56 bits per heavy atom. The molecule has 1 aliphatic heterocycles. The van der Waals surface area contributed by atoms with Crippen molar-refractivity contribution >= 4 is 0 Å². The first-order valence-electron chi connectivity index (χ1n) is 4.10. The van der Waals surface area contributed by atoms with Crippen molar-refractivity contribution < 1.29 is 2.74 Å². The lowest BCUT2D eigenvalue weighted by Gasteiger charge is -1.91. The molecule has 0 amide bonds. The summed E-state index contributed by atoms with van der Waals surface area (Å²) in [6, 6.07) is 5.93. The number of hydrogen-bond donors (Lipinski definition) is 1. The van der Waals surface area contributed by atoms with E-state index >= 15 is 0 Å². The van der Waals surface area contributed by atoms with Crippen LogP contribution in [-0.4, -0.2) is 0 Å². The predicted molar refractivity (Wildman–Crippen MR) is 37.0 cm³/mol. The summed E-state index contributed by atoms with van der Waals surface area (Å²) >= 11 is 0. The summed E-state index contributed by atoms with van der Waals surface area (Å²) in [4.78, 5) is 0. The van der Waals surface area contributed by atoms with Crippen LogP contribution in [0.15, 0.2) is 24.2 Å². The monoisotopic (exact) mass is 121 g/mol. The number of benzene rings is 1. The number of fused-ring (bicyclic) bond motifs is 1. The second-order valence-corrected chi connectivity index (χ2v) is 2.15. The zero-order valence-corrected chi connectivity index (χ0v) is 5.02. The van der Waals surface area contributed by atoms with Gasteiger partial charge in [-0.1, -0.05) is 24.2 Å². The smallest absolute Gasteiger partial charge is 0.0623 e. The van der Waals surface area contributed by atoms with Crippen molar-refractivity contribution in [2.75, 3.05) is 0 Å². The van der Waals surface area contributed by atoms with Crippen LogP contribution in [0.2, 0.25) is 0 Å². The molecule has 0 radical (unpaired) electrons. The van der Waals surface area contributed by atoms with E-state index in [1.54, 1.807) is 12.1 Å². The summed E-state index contributed by atoms with van der Waals surface area (Å²) in [6.07, 6.45) is 0. The maximum Gasteiger partial charge on any atom is 0.0623 e. The molecule has 0 aromatic heterocycles. The zero-order chi connectivity index (χ0) is 7.84. The van der Waals surface area contributed by atoms with Crippen molar-refractivity contribution in [2.24, 2.45) is 0 Å². The van der Waals surface area contributed by atoms with Crippen LogP contribution >= 0.6 is 0 Å². The van der Waals surface area contributed by atoms with Gasteiger partial charge in [-0.25, -0.2) is 0 Å². The molecule has 9 heavy (non-hydrogen) atoms. The Labute approximate surface area is 57.5 Å². The van der Waals surface area contributed by atoms with Crippen LogP contribution in [0, 0.1) is 0 Å². The third-order valence-electron chi connectivity index (χ3n) is 1.54. The summed E-state index contributed by atoms with van der Waals surface area (Å²) in [5, 5.41) is 3.00. The van der Waals surface area contributed by atoms with Gasteiger partial charge in [-0.3, -0.25) is 0 Å². The van der Waals surface area contributed by atoms with Crippen molar-refractivity contribution in [1.29, 1.82) is 0 Å². The second-order valence-electron chi connectivity index (χ2n) is 2.15. The molecule has 0 saturated carbocycles. The Kier molecular flexibility index (Phi) is 0.693. The van der Waals surface area contributed by atoms with E-state index < -0.39 is 0 Å². The molecule has 1 heteroatoms. The molecule has 1 aromatic carbocycles. The minimum Gasteiger partial charge on any atom is -0.309 e. The average molecular weight is 121 g/mol. The van der Waals surface area contributed by atoms with Crippen LogP contribution < -0.4 is 5.32 Å². The van der Waals surface area contributed by atoms with Crippen LogP contribution in [0.1, 0.15) is 13.9 Å². The summed E-state index contributed by atoms with van der Waals surface area (Å²) in [5.41, 5.74) is 2.11. The van der Waals surface area contributed by atoms with Gasteiger partial charge in [0.15, 0.2) is 0 Å². The van der Waals surface area contributed by atoms with Crippen LogP contribution in [0.4, 0.5) is 0 Å². The van der Waals surface area contributed by atoms with Gasteiger partial charge in [-0.15, -0.1) is 0 Å². The first-order chi connectivity index (χ1) is 5.27. The number of nitrogens with one attached hydrogen (secondary N) is 1. The molecule has 1 N–H and O–H groups in total. The fourth-order valence-electron chi connectivity index (χ4n) is 1.04. The zero-order valence-electron chi connectivity index (χ0n) is 7.02. The number of rotatable bonds is 0. The fourth-order valence-corrected chi connectivity index (χ4v) is 1.04. The highest BCUT2D eigenvalue weighted by molar-refractivity contribution is 5.29. The molecule has 1 aliphatic rings. The molecular weight excluding hydrogens is 110 g/mol. The van der Waals surface area contributed by atoms with Gasteiger partial charge < -0.3 is 5.32 Å². The van der Waals surface area contributed by atoms with Crippen molar-refractivity contribution in [1.82, 2.24) is 5.32 Å². The second kappa shape index (κ2) is 1.85. The SMILES string of the molecule is [2H]c1ccc2c(c1)C([2H])NC2. The molecule has 0 saturated heterocycles. The summed E-state index contributed by atoms with van der Waals surface area (Å²) < 4.78 is 14.9. The minimum atomic E-state index is -0.324. The molecule has 2 rings (SSSR count). The van der Waals surface area contributed by atoms with E-state index in [9.17, 15) is 0 Å². The maximum absolute atomic E-state index is 7.52. The van der Waals surface area contributed by atoms with Crippen molar-refractivity contribution in [3.05, 3.63) is 35.4 Å². The quantitative estimate of drug-likeness (QED) is 0.545. The van der Waals surface area contributed by atoms with E-state index in [0.717, 1.165) is 17.7 Å². The van der Waals surface area contributed by atoms with Gasteiger partial charge in [-0.2, -0.15) is 0 Å².